The molecule has 0 saturated carbocycles. The van der Waals surface area contributed by atoms with Crippen molar-refractivity contribution < 1.29 is 4.74 Å². The molecule has 1 saturated heterocycles. The number of hydrogen-bond donors (Lipinski definition) is 2. The summed E-state index contributed by atoms with van der Waals surface area (Å²) < 4.78 is 7.81. The van der Waals surface area contributed by atoms with E-state index in [-0.39, 0.29) is 6.04 Å². The maximum absolute atomic E-state index is 6.03. The molecule has 3 aromatic rings. The van der Waals surface area contributed by atoms with Gasteiger partial charge >= 0.3 is 6.01 Å². The Morgan fingerprint density at radius 2 is 1.90 bits per heavy atom. The van der Waals surface area contributed by atoms with Crippen LogP contribution >= 0.6 is 0 Å². The van der Waals surface area contributed by atoms with Crippen LogP contribution in [-0.4, -0.2) is 39.3 Å². The lowest BCUT2D eigenvalue weighted by molar-refractivity contribution is 0.238. The molecule has 30 heavy (non-hydrogen) atoms. The summed E-state index contributed by atoms with van der Waals surface area (Å²) in [5, 5.41) is 11.5. The van der Waals surface area contributed by atoms with Crippen molar-refractivity contribution in [2.45, 2.75) is 52.0 Å². The van der Waals surface area contributed by atoms with Gasteiger partial charge in [-0.15, -0.1) is 0 Å². The van der Waals surface area contributed by atoms with Crippen LogP contribution in [0.4, 0.5) is 5.95 Å². The topological polar surface area (TPSA) is 76.4 Å². The average molecular weight is 409 g/mol. The van der Waals surface area contributed by atoms with Crippen LogP contribution in [0, 0.1) is 5.92 Å². The van der Waals surface area contributed by atoms with Crippen LogP contribution in [0.15, 0.2) is 36.5 Å². The molecule has 0 bridgehead atoms. The first-order valence-electron chi connectivity index (χ1n) is 11.0. The molecule has 0 spiro atoms. The van der Waals surface area contributed by atoms with E-state index in [0.717, 1.165) is 30.7 Å². The average Bonchev–Trinajstić information content (AvgIpc) is 3.20. The van der Waals surface area contributed by atoms with Crippen molar-refractivity contribution in [3.05, 3.63) is 47.7 Å². The lowest BCUT2D eigenvalue weighted by atomic mass is 9.95. The third kappa shape index (κ3) is 4.73. The van der Waals surface area contributed by atoms with Gasteiger partial charge in [-0.25, -0.2) is 0 Å². The zero-order chi connectivity index (χ0) is 20.9. The molecule has 2 aromatic heterocycles. The van der Waals surface area contributed by atoms with E-state index in [2.05, 4.69) is 53.6 Å². The highest BCUT2D eigenvalue weighted by atomic mass is 16.5. The normalized spacial score (nSPS) is 16.1. The molecule has 2 N–H and O–H groups in total. The zero-order valence-corrected chi connectivity index (χ0v) is 18.1. The first-order chi connectivity index (χ1) is 14.6. The molecule has 7 heteroatoms. The van der Waals surface area contributed by atoms with Crippen LogP contribution in [0.1, 0.15) is 63.1 Å². The number of aromatic nitrogens is 4. The van der Waals surface area contributed by atoms with Gasteiger partial charge in [0.1, 0.15) is 0 Å². The lowest BCUT2D eigenvalue weighted by Gasteiger charge is -2.22. The fraction of sp³-hybridized carbons (Fsp3) is 0.522. The highest BCUT2D eigenvalue weighted by Crippen LogP contribution is 2.25. The summed E-state index contributed by atoms with van der Waals surface area (Å²) >= 11 is 0. The van der Waals surface area contributed by atoms with Gasteiger partial charge in [-0.3, -0.25) is 0 Å². The lowest BCUT2D eigenvalue weighted by Crippen LogP contribution is -2.28. The van der Waals surface area contributed by atoms with E-state index >= 15 is 0 Å². The van der Waals surface area contributed by atoms with Crippen LogP contribution in [0.2, 0.25) is 0 Å². The Morgan fingerprint density at radius 3 is 2.63 bits per heavy atom. The minimum atomic E-state index is 0.0820. The molecule has 7 nitrogen and oxygen atoms in total. The summed E-state index contributed by atoms with van der Waals surface area (Å²) in [5.74, 6) is 1.69. The van der Waals surface area contributed by atoms with Crippen molar-refractivity contribution in [1.29, 1.82) is 0 Å². The Balaban J connectivity index is 1.56. The van der Waals surface area contributed by atoms with E-state index in [9.17, 15) is 0 Å². The Kier molecular flexibility index (Phi) is 6.47. The predicted molar refractivity (Wildman–Crippen MR) is 119 cm³/mol. The largest absolute Gasteiger partial charge is 0.463 e. The van der Waals surface area contributed by atoms with Crippen molar-refractivity contribution in [2.75, 3.05) is 25.0 Å². The van der Waals surface area contributed by atoms with Gasteiger partial charge in [-0.05, 0) is 56.7 Å². The maximum Gasteiger partial charge on any atom is 0.321 e. The first kappa shape index (κ1) is 20.6. The molecule has 1 fully saturated rings. The van der Waals surface area contributed by atoms with Gasteiger partial charge in [0.15, 0.2) is 5.65 Å². The highest BCUT2D eigenvalue weighted by molar-refractivity contribution is 5.53. The van der Waals surface area contributed by atoms with Gasteiger partial charge in [-0.2, -0.15) is 19.6 Å². The van der Waals surface area contributed by atoms with Gasteiger partial charge in [0.25, 0.3) is 0 Å². The summed E-state index contributed by atoms with van der Waals surface area (Å²) in [6.07, 6.45) is 5.34. The van der Waals surface area contributed by atoms with E-state index < -0.39 is 0 Å². The van der Waals surface area contributed by atoms with Crippen LogP contribution in [0.5, 0.6) is 6.01 Å². The highest BCUT2D eigenvalue weighted by Gasteiger charge is 2.18. The minimum Gasteiger partial charge on any atom is -0.463 e. The van der Waals surface area contributed by atoms with E-state index in [1.165, 1.54) is 18.4 Å². The number of ether oxygens (including phenoxy) is 1. The van der Waals surface area contributed by atoms with Crippen LogP contribution in [0.3, 0.4) is 0 Å². The maximum atomic E-state index is 6.03. The second-order valence-electron chi connectivity index (χ2n) is 8.43. The standard InChI is InChI=1S/C23H32N6O/c1-16(2)20-15-25-29-21(20)27-23(30-14-11-18-9-12-24-13-10-18)28-22(29)26-17(3)19-7-5-4-6-8-19/h4-8,15-18,24H,9-14H2,1-3H3,(H,26,27,28)/t17-/m0/s1. The van der Waals surface area contributed by atoms with Crippen molar-refractivity contribution in [3.8, 4) is 6.01 Å². The van der Waals surface area contributed by atoms with Gasteiger partial charge in [0.2, 0.25) is 5.95 Å². The summed E-state index contributed by atoms with van der Waals surface area (Å²) in [6.45, 7) is 9.26. The van der Waals surface area contributed by atoms with Crippen molar-refractivity contribution in [1.82, 2.24) is 24.9 Å². The van der Waals surface area contributed by atoms with Crippen LogP contribution < -0.4 is 15.4 Å². The Bertz CT molecular complexity index is 949. The van der Waals surface area contributed by atoms with Crippen molar-refractivity contribution in [2.24, 2.45) is 5.92 Å². The van der Waals surface area contributed by atoms with E-state index in [1.807, 2.05) is 24.4 Å². The molecule has 1 aromatic carbocycles. The van der Waals surface area contributed by atoms with Gasteiger partial charge in [-0.1, -0.05) is 44.2 Å². The van der Waals surface area contributed by atoms with Crippen LogP contribution in [-0.2, 0) is 0 Å². The van der Waals surface area contributed by atoms with Crippen molar-refractivity contribution in [3.63, 3.8) is 0 Å². The van der Waals surface area contributed by atoms with E-state index in [4.69, 9.17) is 9.72 Å². The SMILES string of the molecule is CC(C)c1cnn2c(N[C@@H](C)c3ccccc3)nc(OCCC3CCNCC3)nc12. The van der Waals surface area contributed by atoms with E-state index in [0.29, 0.717) is 30.4 Å². The third-order valence-electron chi connectivity index (χ3n) is 5.86. The second-order valence-corrected chi connectivity index (χ2v) is 8.43. The van der Waals surface area contributed by atoms with Gasteiger partial charge < -0.3 is 15.4 Å². The number of benzene rings is 1. The number of nitrogens with zero attached hydrogens (tertiary/aromatic N) is 4. The Hall–Kier alpha value is -2.67. The first-order valence-corrected chi connectivity index (χ1v) is 11.0. The summed E-state index contributed by atoms with van der Waals surface area (Å²) in [5.41, 5.74) is 3.09. The quantitative estimate of drug-likeness (QED) is 0.582. The molecule has 1 aliphatic rings. The molecule has 4 rings (SSSR count). The van der Waals surface area contributed by atoms with Crippen molar-refractivity contribution >= 4 is 11.6 Å². The van der Waals surface area contributed by atoms with Gasteiger partial charge in [0.05, 0.1) is 18.8 Å². The summed E-state index contributed by atoms with van der Waals surface area (Å²) in [6, 6.07) is 10.8. The number of nitrogens with one attached hydrogen (secondary N) is 2. The molecule has 0 amide bonds. The molecule has 1 atom stereocenters. The molecule has 0 radical (unpaired) electrons. The second kappa shape index (κ2) is 9.43. The zero-order valence-electron chi connectivity index (χ0n) is 18.1. The minimum absolute atomic E-state index is 0.0820. The number of piperidine rings is 1. The monoisotopic (exact) mass is 408 g/mol. The Morgan fingerprint density at radius 1 is 1.13 bits per heavy atom. The molecular formula is C23H32N6O. The molecule has 1 aliphatic heterocycles. The molecule has 160 valence electrons. The Labute approximate surface area is 178 Å². The number of fused-ring (bicyclic) bond motifs is 1. The predicted octanol–water partition coefficient (Wildman–Crippen LogP) is 4.19. The van der Waals surface area contributed by atoms with Gasteiger partial charge in [0, 0.05) is 5.56 Å². The molecule has 0 aliphatic carbocycles. The number of anilines is 1. The fourth-order valence-electron chi connectivity index (χ4n) is 3.95. The summed E-state index contributed by atoms with van der Waals surface area (Å²) in [7, 11) is 0. The molecule has 0 unspecified atom stereocenters. The third-order valence-corrected chi connectivity index (χ3v) is 5.86. The number of hydrogen-bond acceptors (Lipinski definition) is 6. The molecular weight excluding hydrogens is 376 g/mol. The van der Waals surface area contributed by atoms with Crippen LogP contribution in [0.25, 0.3) is 5.65 Å². The summed E-state index contributed by atoms with van der Waals surface area (Å²) in [4.78, 5) is 9.36. The smallest absolute Gasteiger partial charge is 0.321 e. The van der Waals surface area contributed by atoms with E-state index in [1.54, 1.807) is 4.52 Å². The molecule has 3 heterocycles. The fourth-order valence-corrected chi connectivity index (χ4v) is 3.95. The number of rotatable bonds is 8.